The van der Waals surface area contributed by atoms with Gasteiger partial charge in [-0.3, -0.25) is 19.5 Å². The standard InChI is InChI=1S/C16H22N4O3/c1-18(2)15(21)10-20-13-8-19(7-12-4-3-5-17-6-12)9-14(13)23-11-16(20)22/h3-6,13-14H,7-11H2,1-2H3. The molecule has 2 fully saturated rings. The first-order valence-electron chi connectivity index (χ1n) is 7.77. The summed E-state index contributed by atoms with van der Waals surface area (Å²) in [6.07, 6.45) is 3.57. The summed E-state index contributed by atoms with van der Waals surface area (Å²) in [5.74, 6) is -0.172. The summed E-state index contributed by atoms with van der Waals surface area (Å²) in [5.41, 5.74) is 1.13. The second kappa shape index (κ2) is 6.64. The molecule has 2 amide bonds. The van der Waals surface area contributed by atoms with Crippen LogP contribution >= 0.6 is 0 Å². The molecular weight excluding hydrogens is 296 g/mol. The van der Waals surface area contributed by atoms with Crippen LogP contribution in [0, 0.1) is 0 Å². The van der Waals surface area contributed by atoms with Gasteiger partial charge in [0.15, 0.2) is 0 Å². The molecule has 2 atom stereocenters. The molecule has 0 saturated carbocycles. The molecule has 0 bridgehead atoms. The predicted octanol–water partition coefficient (Wildman–Crippen LogP) is -0.419. The number of nitrogens with zero attached hydrogens (tertiary/aromatic N) is 4. The molecule has 2 aliphatic rings. The van der Waals surface area contributed by atoms with E-state index in [4.69, 9.17) is 4.74 Å². The van der Waals surface area contributed by atoms with Gasteiger partial charge in [0, 0.05) is 46.1 Å². The molecule has 124 valence electrons. The second-order valence-corrected chi connectivity index (χ2v) is 6.28. The lowest BCUT2D eigenvalue weighted by Crippen LogP contribution is -2.56. The van der Waals surface area contributed by atoms with Gasteiger partial charge in [-0.05, 0) is 11.6 Å². The van der Waals surface area contributed by atoms with Crippen LogP contribution in [0.1, 0.15) is 5.56 Å². The molecule has 0 aromatic carbocycles. The molecule has 23 heavy (non-hydrogen) atoms. The van der Waals surface area contributed by atoms with E-state index >= 15 is 0 Å². The molecule has 1 aromatic heterocycles. The number of ether oxygens (including phenoxy) is 1. The normalized spacial score (nSPS) is 24.6. The predicted molar refractivity (Wildman–Crippen MR) is 83.4 cm³/mol. The number of carbonyl (C=O) groups excluding carboxylic acids is 2. The van der Waals surface area contributed by atoms with Crippen molar-refractivity contribution in [1.29, 1.82) is 0 Å². The molecule has 3 heterocycles. The minimum Gasteiger partial charge on any atom is -0.365 e. The van der Waals surface area contributed by atoms with E-state index in [9.17, 15) is 9.59 Å². The molecule has 0 N–H and O–H groups in total. The maximum atomic E-state index is 12.2. The van der Waals surface area contributed by atoms with E-state index in [-0.39, 0.29) is 37.1 Å². The van der Waals surface area contributed by atoms with Crippen molar-refractivity contribution in [2.45, 2.75) is 18.7 Å². The number of fused-ring (bicyclic) bond motifs is 1. The van der Waals surface area contributed by atoms with Crippen molar-refractivity contribution in [1.82, 2.24) is 19.7 Å². The zero-order chi connectivity index (χ0) is 16.4. The van der Waals surface area contributed by atoms with Crippen LogP contribution in [0.2, 0.25) is 0 Å². The van der Waals surface area contributed by atoms with Crippen LogP contribution in [-0.4, -0.2) is 84.0 Å². The molecule has 2 unspecified atom stereocenters. The Bertz CT molecular complexity index is 578. The average molecular weight is 318 g/mol. The van der Waals surface area contributed by atoms with Gasteiger partial charge in [0.1, 0.15) is 13.2 Å². The van der Waals surface area contributed by atoms with Gasteiger partial charge < -0.3 is 14.5 Å². The molecule has 7 heteroatoms. The number of likely N-dealkylation sites (tertiary alicyclic amines) is 1. The van der Waals surface area contributed by atoms with Crippen molar-refractivity contribution >= 4 is 11.8 Å². The van der Waals surface area contributed by atoms with Crippen molar-refractivity contribution in [3.63, 3.8) is 0 Å². The van der Waals surface area contributed by atoms with Crippen LogP contribution in [-0.2, 0) is 20.9 Å². The van der Waals surface area contributed by atoms with Crippen molar-refractivity contribution < 1.29 is 14.3 Å². The van der Waals surface area contributed by atoms with Gasteiger partial charge >= 0.3 is 0 Å². The van der Waals surface area contributed by atoms with Gasteiger partial charge in [0.25, 0.3) is 0 Å². The lowest BCUT2D eigenvalue weighted by molar-refractivity contribution is -0.156. The van der Waals surface area contributed by atoms with Gasteiger partial charge in [-0.1, -0.05) is 6.07 Å². The lowest BCUT2D eigenvalue weighted by atomic mass is 10.1. The second-order valence-electron chi connectivity index (χ2n) is 6.28. The average Bonchev–Trinajstić information content (AvgIpc) is 2.93. The van der Waals surface area contributed by atoms with Crippen molar-refractivity contribution in [3.05, 3.63) is 30.1 Å². The Kier molecular flexibility index (Phi) is 4.58. The fraction of sp³-hybridized carbons (Fsp3) is 0.562. The minimum absolute atomic E-state index is 0.0284. The Labute approximate surface area is 135 Å². The zero-order valence-electron chi connectivity index (χ0n) is 13.5. The topological polar surface area (TPSA) is 66.0 Å². The first-order valence-corrected chi connectivity index (χ1v) is 7.77. The monoisotopic (exact) mass is 318 g/mol. The number of hydrogen-bond donors (Lipinski definition) is 0. The van der Waals surface area contributed by atoms with Crippen LogP contribution in [0.25, 0.3) is 0 Å². The van der Waals surface area contributed by atoms with Gasteiger partial charge in [-0.2, -0.15) is 0 Å². The Balaban J connectivity index is 1.67. The van der Waals surface area contributed by atoms with E-state index < -0.39 is 0 Å². The van der Waals surface area contributed by atoms with Crippen molar-refractivity contribution in [3.8, 4) is 0 Å². The minimum atomic E-state index is -0.107. The highest BCUT2D eigenvalue weighted by molar-refractivity contribution is 5.86. The molecule has 3 rings (SSSR count). The largest absolute Gasteiger partial charge is 0.365 e. The zero-order valence-corrected chi connectivity index (χ0v) is 13.5. The van der Waals surface area contributed by atoms with Crippen molar-refractivity contribution in [2.24, 2.45) is 0 Å². The Morgan fingerprint density at radius 3 is 2.96 bits per heavy atom. The maximum Gasteiger partial charge on any atom is 0.249 e. The molecule has 0 aliphatic carbocycles. The first kappa shape index (κ1) is 15.9. The van der Waals surface area contributed by atoms with Crippen molar-refractivity contribution in [2.75, 3.05) is 40.3 Å². The lowest BCUT2D eigenvalue weighted by Gasteiger charge is -2.36. The van der Waals surface area contributed by atoms with Crippen LogP contribution in [0.3, 0.4) is 0 Å². The molecule has 0 radical (unpaired) electrons. The van der Waals surface area contributed by atoms with Crippen LogP contribution < -0.4 is 0 Å². The smallest absolute Gasteiger partial charge is 0.249 e. The Morgan fingerprint density at radius 1 is 1.43 bits per heavy atom. The van der Waals surface area contributed by atoms with Crippen LogP contribution in [0.15, 0.2) is 24.5 Å². The quantitative estimate of drug-likeness (QED) is 0.754. The third kappa shape index (κ3) is 3.51. The van der Waals surface area contributed by atoms with Crippen LogP contribution in [0.5, 0.6) is 0 Å². The molecule has 0 spiro atoms. The van der Waals surface area contributed by atoms with E-state index in [1.807, 2.05) is 18.3 Å². The number of carbonyl (C=O) groups is 2. The Hall–Kier alpha value is -1.99. The summed E-state index contributed by atoms with van der Waals surface area (Å²) in [6.45, 7) is 2.43. The highest BCUT2D eigenvalue weighted by Crippen LogP contribution is 2.24. The number of likely N-dealkylation sites (N-methyl/N-ethyl adjacent to an activating group) is 1. The van der Waals surface area contributed by atoms with Gasteiger partial charge in [-0.25, -0.2) is 0 Å². The van der Waals surface area contributed by atoms with E-state index in [1.165, 1.54) is 4.90 Å². The highest BCUT2D eigenvalue weighted by atomic mass is 16.5. The molecule has 2 aliphatic heterocycles. The number of rotatable bonds is 4. The van der Waals surface area contributed by atoms with Crippen LogP contribution in [0.4, 0.5) is 0 Å². The van der Waals surface area contributed by atoms with Gasteiger partial charge in [0.05, 0.1) is 12.1 Å². The maximum absolute atomic E-state index is 12.2. The van der Waals surface area contributed by atoms with E-state index in [0.717, 1.165) is 18.7 Å². The highest BCUT2D eigenvalue weighted by Gasteiger charge is 2.43. The fourth-order valence-electron chi connectivity index (χ4n) is 3.11. The van der Waals surface area contributed by atoms with Gasteiger partial charge in [-0.15, -0.1) is 0 Å². The number of pyridine rings is 1. The summed E-state index contributed by atoms with van der Waals surface area (Å²) >= 11 is 0. The number of hydrogen-bond acceptors (Lipinski definition) is 5. The van der Waals surface area contributed by atoms with Gasteiger partial charge in [0.2, 0.25) is 11.8 Å². The summed E-state index contributed by atoms with van der Waals surface area (Å²) in [5, 5.41) is 0. The number of amides is 2. The third-order valence-corrected chi connectivity index (χ3v) is 4.39. The van der Waals surface area contributed by atoms with E-state index in [2.05, 4.69) is 9.88 Å². The molecule has 1 aromatic rings. The SMILES string of the molecule is CN(C)C(=O)CN1C(=O)COC2CN(Cc3cccnc3)CC21. The van der Waals surface area contributed by atoms with E-state index in [0.29, 0.717) is 6.54 Å². The summed E-state index contributed by atoms with van der Waals surface area (Å²) < 4.78 is 5.68. The summed E-state index contributed by atoms with van der Waals surface area (Å²) in [7, 11) is 3.40. The molecule has 2 saturated heterocycles. The molecular formula is C16H22N4O3. The Morgan fingerprint density at radius 2 is 2.26 bits per heavy atom. The summed E-state index contributed by atoms with van der Waals surface area (Å²) in [4.78, 5) is 33.7. The fourth-order valence-corrected chi connectivity index (χ4v) is 3.11. The third-order valence-electron chi connectivity index (χ3n) is 4.39. The first-order chi connectivity index (χ1) is 11.0. The number of aromatic nitrogens is 1. The molecule has 7 nitrogen and oxygen atoms in total. The summed E-state index contributed by atoms with van der Waals surface area (Å²) in [6, 6.07) is 3.89. The number of morpholine rings is 1. The van der Waals surface area contributed by atoms with E-state index in [1.54, 1.807) is 25.2 Å².